The largest absolute Gasteiger partial charge is 0.0923 e. The highest BCUT2D eigenvalue weighted by Crippen LogP contribution is 2.57. The van der Waals surface area contributed by atoms with Crippen molar-refractivity contribution in [2.24, 2.45) is 0 Å². The van der Waals surface area contributed by atoms with Crippen molar-refractivity contribution >= 4 is 7.92 Å². The predicted octanol–water partition coefficient (Wildman–Crippen LogP) is 5.19. The summed E-state index contributed by atoms with van der Waals surface area (Å²) >= 11 is 0. The van der Waals surface area contributed by atoms with Gasteiger partial charge in [-0.25, -0.2) is 0 Å². The van der Waals surface area contributed by atoms with Gasteiger partial charge in [0.15, 0.2) is 0 Å². The molecule has 0 aromatic heterocycles. The van der Waals surface area contributed by atoms with E-state index in [9.17, 15) is 0 Å². The van der Waals surface area contributed by atoms with Gasteiger partial charge in [0.05, 0.1) is 0 Å². The molecule has 0 heterocycles. The number of hydrogen-bond acceptors (Lipinski definition) is 0. The fraction of sp³-hybridized carbons (Fsp3) is 0.929. The van der Waals surface area contributed by atoms with E-state index in [1.54, 1.807) is 0 Å². The minimum Gasteiger partial charge on any atom is -0.0923 e. The summed E-state index contributed by atoms with van der Waals surface area (Å²) in [5.41, 5.74) is 2.11. The van der Waals surface area contributed by atoms with E-state index in [4.69, 9.17) is 0 Å². The normalized spacial score (nSPS) is 26.0. The van der Waals surface area contributed by atoms with Gasteiger partial charge in [-0.05, 0) is 37.0 Å². The third kappa shape index (κ3) is 3.19. The molecule has 2 radical (unpaired) electrons. The molecule has 0 aromatic carbocycles. The van der Waals surface area contributed by atoms with Crippen LogP contribution in [0.4, 0.5) is 0 Å². The Hall–Kier alpha value is 0.430. The molecule has 0 saturated heterocycles. The molecule has 0 aliphatic heterocycles. The Morgan fingerprint density at radius 3 is 1.47 bits per heavy atom. The molecule has 0 amide bonds. The molecule has 0 bridgehead atoms. The summed E-state index contributed by atoms with van der Waals surface area (Å²) in [6.45, 7) is 2.22. The molecule has 0 unspecified atom stereocenters. The van der Waals surface area contributed by atoms with Crippen LogP contribution in [0.15, 0.2) is 0 Å². The van der Waals surface area contributed by atoms with Crippen LogP contribution in [0.2, 0.25) is 0 Å². The minimum absolute atomic E-state index is 0.155. The molecule has 15 heavy (non-hydrogen) atoms. The Kier molecular flexibility index (Phi) is 4.95. The standard InChI is InChI=1S/C14H25P/c1-2-15(13-9-5-3-6-10-13)14-11-7-4-8-12-14/h13-14H,3-12H2,1H3. The SMILES string of the molecule is C[C]P(C1CCCCC1)C1CCCCC1. The van der Waals surface area contributed by atoms with Gasteiger partial charge in [0.2, 0.25) is 0 Å². The first kappa shape index (κ1) is 11.9. The van der Waals surface area contributed by atoms with Gasteiger partial charge in [-0.15, -0.1) is 0 Å². The van der Waals surface area contributed by atoms with Crippen molar-refractivity contribution in [3.63, 3.8) is 0 Å². The molecule has 0 aromatic rings. The Bertz CT molecular complexity index is 148. The van der Waals surface area contributed by atoms with E-state index in [1.165, 1.54) is 64.2 Å². The van der Waals surface area contributed by atoms with Gasteiger partial charge in [0, 0.05) is 6.16 Å². The van der Waals surface area contributed by atoms with Crippen LogP contribution >= 0.6 is 7.92 Å². The highest BCUT2D eigenvalue weighted by atomic mass is 31.1. The molecule has 2 saturated carbocycles. The van der Waals surface area contributed by atoms with Crippen LogP contribution in [-0.2, 0) is 0 Å². The smallest absolute Gasteiger partial charge is 0.00864 e. The summed E-state index contributed by atoms with van der Waals surface area (Å²) in [5, 5.41) is 0. The van der Waals surface area contributed by atoms with E-state index in [0.717, 1.165) is 11.3 Å². The molecular weight excluding hydrogens is 199 g/mol. The summed E-state index contributed by atoms with van der Waals surface area (Å²) < 4.78 is 0. The monoisotopic (exact) mass is 224 g/mol. The summed E-state index contributed by atoms with van der Waals surface area (Å²) in [6.07, 6.45) is 18.8. The lowest BCUT2D eigenvalue weighted by Gasteiger charge is -2.37. The lowest BCUT2D eigenvalue weighted by Crippen LogP contribution is -2.20. The summed E-state index contributed by atoms with van der Waals surface area (Å²) in [7, 11) is 0.155. The second-order valence-electron chi connectivity index (χ2n) is 5.21. The molecule has 86 valence electrons. The zero-order valence-electron chi connectivity index (χ0n) is 10.2. The molecule has 2 rings (SSSR count). The van der Waals surface area contributed by atoms with Crippen molar-refractivity contribution in [1.82, 2.24) is 0 Å². The van der Waals surface area contributed by atoms with E-state index in [2.05, 4.69) is 13.1 Å². The van der Waals surface area contributed by atoms with Gasteiger partial charge in [-0.1, -0.05) is 53.4 Å². The summed E-state index contributed by atoms with van der Waals surface area (Å²) in [6, 6.07) is 0. The second-order valence-corrected chi connectivity index (χ2v) is 7.94. The van der Waals surface area contributed by atoms with Crippen molar-refractivity contribution in [3.8, 4) is 0 Å². The highest BCUT2D eigenvalue weighted by Gasteiger charge is 2.29. The zero-order chi connectivity index (χ0) is 10.5. The van der Waals surface area contributed by atoms with Crippen LogP contribution in [0.1, 0.15) is 71.1 Å². The van der Waals surface area contributed by atoms with Gasteiger partial charge in [0.1, 0.15) is 0 Å². The lowest BCUT2D eigenvalue weighted by atomic mass is 9.99. The molecule has 2 fully saturated rings. The van der Waals surface area contributed by atoms with E-state index in [-0.39, 0.29) is 7.92 Å². The second kappa shape index (κ2) is 6.24. The van der Waals surface area contributed by atoms with E-state index in [1.807, 2.05) is 0 Å². The maximum Gasteiger partial charge on any atom is 0.00864 e. The van der Waals surface area contributed by atoms with Crippen LogP contribution < -0.4 is 0 Å². The predicted molar refractivity (Wildman–Crippen MR) is 69.6 cm³/mol. The van der Waals surface area contributed by atoms with E-state index < -0.39 is 0 Å². The van der Waals surface area contributed by atoms with Crippen molar-refractivity contribution in [2.45, 2.75) is 82.4 Å². The molecule has 1 heteroatoms. The van der Waals surface area contributed by atoms with Crippen molar-refractivity contribution in [3.05, 3.63) is 6.16 Å². The molecule has 0 N–H and O–H groups in total. The molecule has 0 atom stereocenters. The Labute approximate surface area is 97.0 Å². The first-order chi connectivity index (χ1) is 7.42. The van der Waals surface area contributed by atoms with Gasteiger partial charge in [-0.2, -0.15) is 0 Å². The number of hydrogen-bond donors (Lipinski definition) is 0. The first-order valence-electron chi connectivity index (χ1n) is 6.87. The van der Waals surface area contributed by atoms with Gasteiger partial charge < -0.3 is 0 Å². The third-order valence-electron chi connectivity index (χ3n) is 4.19. The molecule has 0 nitrogen and oxygen atoms in total. The quantitative estimate of drug-likeness (QED) is 0.578. The Balaban J connectivity index is 1.88. The average molecular weight is 224 g/mol. The van der Waals surface area contributed by atoms with Crippen molar-refractivity contribution < 1.29 is 0 Å². The average Bonchev–Trinajstić information content (AvgIpc) is 2.33. The Morgan fingerprint density at radius 2 is 1.13 bits per heavy atom. The molecule has 0 spiro atoms. The molecule has 2 aliphatic rings. The topological polar surface area (TPSA) is 0 Å². The third-order valence-corrected chi connectivity index (χ3v) is 7.32. The lowest BCUT2D eigenvalue weighted by molar-refractivity contribution is 0.486. The van der Waals surface area contributed by atoms with Gasteiger partial charge in [-0.3, -0.25) is 0 Å². The van der Waals surface area contributed by atoms with Crippen LogP contribution in [0.5, 0.6) is 0 Å². The van der Waals surface area contributed by atoms with Crippen LogP contribution in [-0.4, -0.2) is 11.3 Å². The van der Waals surface area contributed by atoms with Crippen LogP contribution in [0.3, 0.4) is 0 Å². The summed E-state index contributed by atoms with van der Waals surface area (Å²) in [4.78, 5) is 0. The van der Waals surface area contributed by atoms with Crippen molar-refractivity contribution in [1.29, 1.82) is 0 Å². The summed E-state index contributed by atoms with van der Waals surface area (Å²) in [5.74, 6) is 0. The van der Waals surface area contributed by atoms with Crippen LogP contribution in [0.25, 0.3) is 0 Å². The van der Waals surface area contributed by atoms with Gasteiger partial charge in [0.25, 0.3) is 0 Å². The minimum atomic E-state index is 0.155. The number of rotatable bonds is 3. The first-order valence-corrected chi connectivity index (χ1v) is 8.35. The Morgan fingerprint density at radius 1 is 0.733 bits per heavy atom. The zero-order valence-corrected chi connectivity index (χ0v) is 11.1. The fourth-order valence-electron chi connectivity index (χ4n) is 3.38. The maximum atomic E-state index is 3.71. The molecular formula is C14H25P. The molecule has 2 aliphatic carbocycles. The van der Waals surface area contributed by atoms with Crippen molar-refractivity contribution in [2.75, 3.05) is 0 Å². The van der Waals surface area contributed by atoms with Crippen LogP contribution in [0, 0.1) is 6.16 Å². The highest BCUT2D eigenvalue weighted by molar-refractivity contribution is 7.61. The van der Waals surface area contributed by atoms with Gasteiger partial charge >= 0.3 is 0 Å². The van der Waals surface area contributed by atoms with E-state index >= 15 is 0 Å². The van der Waals surface area contributed by atoms with E-state index in [0.29, 0.717) is 0 Å². The fourth-order valence-corrected chi connectivity index (χ4v) is 6.55. The maximum absolute atomic E-state index is 3.71.